The van der Waals surface area contributed by atoms with E-state index >= 15 is 0 Å². The quantitative estimate of drug-likeness (QED) is 0.849. The Morgan fingerprint density at radius 3 is 3.00 bits per heavy atom. The van der Waals surface area contributed by atoms with Crippen molar-refractivity contribution in [1.29, 1.82) is 0 Å². The van der Waals surface area contributed by atoms with Gasteiger partial charge in [-0.1, -0.05) is 13.8 Å². The second-order valence-electron chi connectivity index (χ2n) is 5.30. The van der Waals surface area contributed by atoms with E-state index in [9.17, 15) is 0 Å². The number of hydrogen-bond donors (Lipinski definition) is 1. The molecule has 1 fully saturated rings. The molecule has 0 bridgehead atoms. The smallest absolute Gasteiger partial charge is 0.0527 e. The second kappa shape index (κ2) is 5.00. The van der Waals surface area contributed by atoms with E-state index in [-0.39, 0.29) is 0 Å². The van der Waals surface area contributed by atoms with Crippen molar-refractivity contribution in [3.8, 4) is 0 Å². The molecule has 1 aliphatic heterocycles. The maximum atomic E-state index is 4.52. The number of piperidine rings is 1. The molecule has 1 saturated heterocycles. The molecule has 2 rings (SSSR count). The number of aromatic nitrogens is 2. The molecule has 1 N–H and O–H groups in total. The maximum Gasteiger partial charge on any atom is 0.0527 e. The first kappa shape index (κ1) is 11.6. The van der Waals surface area contributed by atoms with Gasteiger partial charge in [0.15, 0.2) is 0 Å². The molecule has 0 radical (unpaired) electrons. The maximum absolute atomic E-state index is 4.52. The van der Waals surface area contributed by atoms with E-state index in [1.165, 1.54) is 30.6 Å². The van der Waals surface area contributed by atoms with Crippen LogP contribution >= 0.6 is 0 Å². The van der Waals surface area contributed by atoms with Crippen LogP contribution in [0, 0.1) is 12.8 Å². The van der Waals surface area contributed by atoms with Gasteiger partial charge >= 0.3 is 0 Å². The Kier molecular flexibility index (Phi) is 3.64. The van der Waals surface area contributed by atoms with E-state index in [1.807, 2.05) is 0 Å². The molecule has 90 valence electrons. The van der Waals surface area contributed by atoms with Crippen molar-refractivity contribution in [2.45, 2.75) is 46.1 Å². The minimum atomic E-state index is 0.663. The molecule has 0 spiro atoms. The lowest BCUT2D eigenvalue weighted by Crippen LogP contribution is -2.28. The summed E-state index contributed by atoms with van der Waals surface area (Å²) in [6.07, 6.45) is 4.68. The number of hydrogen-bond acceptors (Lipinski definition) is 2. The van der Waals surface area contributed by atoms with Gasteiger partial charge in [-0.3, -0.25) is 4.68 Å². The first-order chi connectivity index (χ1) is 7.68. The highest BCUT2D eigenvalue weighted by molar-refractivity contribution is 5.22. The second-order valence-corrected chi connectivity index (χ2v) is 5.30. The van der Waals surface area contributed by atoms with Crippen LogP contribution in [0.5, 0.6) is 0 Å². The van der Waals surface area contributed by atoms with Crippen LogP contribution < -0.4 is 5.32 Å². The Morgan fingerprint density at radius 1 is 1.56 bits per heavy atom. The average molecular weight is 221 g/mol. The summed E-state index contributed by atoms with van der Waals surface area (Å²) >= 11 is 0. The third-order valence-electron chi connectivity index (χ3n) is 3.42. The number of rotatable bonds is 3. The van der Waals surface area contributed by atoms with Gasteiger partial charge in [-0.25, -0.2) is 0 Å². The highest BCUT2D eigenvalue weighted by atomic mass is 15.3. The summed E-state index contributed by atoms with van der Waals surface area (Å²) in [5, 5.41) is 7.99. The van der Waals surface area contributed by atoms with Crippen LogP contribution in [0.15, 0.2) is 6.20 Å². The minimum Gasteiger partial charge on any atom is -0.316 e. The van der Waals surface area contributed by atoms with Gasteiger partial charge in [-0.05, 0) is 43.7 Å². The zero-order valence-electron chi connectivity index (χ0n) is 10.7. The first-order valence-corrected chi connectivity index (χ1v) is 6.41. The van der Waals surface area contributed by atoms with Crippen LogP contribution in [0.4, 0.5) is 0 Å². The monoisotopic (exact) mass is 221 g/mol. The molecular formula is C13H23N3. The number of nitrogens with zero attached hydrogens (tertiary/aromatic N) is 2. The van der Waals surface area contributed by atoms with E-state index < -0.39 is 0 Å². The molecule has 0 amide bonds. The van der Waals surface area contributed by atoms with Crippen molar-refractivity contribution in [1.82, 2.24) is 15.1 Å². The van der Waals surface area contributed by atoms with Gasteiger partial charge in [0.25, 0.3) is 0 Å². The molecule has 0 aromatic carbocycles. The highest BCUT2D eigenvalue weighted by Crippen LogP contribution is 2.25. The Morgan fingerprint density at radius 2 is 2.38 bits per heavy atom. The molecule has 1 aromatic heterocycles. The van der Waals surface area contributed by atoms with Gasteiger partial charge in [0.2, 0.25) is 0 Å². The molecule has 1 atom stereocenters. The normalized spacial score (nSPS) is 21.6. The molecule has 2 heterocycles. The Hall–Kier alpha value is -0.830. The topological polar surface area (TPSA) is 29.9 Å². The first-order valence-electron chi connectivity index (χ1n) is 6.41. The van der Waals surface area contributed by atoms with Crippen molar-refractivity contribution in [3.63, 3.8) is 0 Å². The molecule has 3 heteroatoms. The largest absolute Gasteiger partial charge is 0.316 e. The van der Waals surface area contributed by atoms with Gasteiger partial charge < -0.3 is 5.32 Å². The van der Waals surface area contributed by atoms with Crippen molar-refractivity contribution in [2.75, 3.05) is 13.1 Å². The minimum absolute atomic E-state index is 0.663. The van der Waals surface area contributed by atoms with Crippen LogP contribution in [0.25, 0.3) is 0 Å². The van der Waals surface area contributed by atoms with Crippen molar-refractivity contribution < 1.29 is 0 Å². The van der Waals surface area contributed by atoms with E-state index in [4.69, 9.17) is 0 Å². The van der Waals surface area contributed by atoms with Gasteiger partial charge in [0.05, 0.1) is 6.20 Å². The molecule has 16 heavy (non-hydrogen) atoms. The predicted octanol–water partition coefficient (Wildman–Crippen LogP) is 2.31. The molecule has 0 aliphatic carbocycles. The molecule has 1 aliphatic rings. The van der Waals surface area contributed by atoms with Crippen molar-refractivity contribution in [2.24, 2.45) is 5.92 Å². The summed E-state index contributed by atoms with van der Waals surface area (Å²) in [5.41, 5.74) is 2.82. The molecule has 1 unspecified atom stereocenters. The Labute approximate surface area is 98.2 Å². The molecular weight excluding hydrogens is 198 g/mol. The van der Waals surface area contributed by atoms with Crippen LogP contribution in [0.1, 0.15) is 43.9 Å². The summed E-state index contributed by atoms with van der Waals surface area (Å²) in [6.45, 7) is 10.0. The summed E-state index contributed by atoms with van der Waals surface area (Å²) < 4.78 is 2.16. The van der Waals surface area contributed by atoms with Gasteiger partial charge in [-0.2, -0.15) is 5.10 Å². The van der Waals surface area contributed by atoms with E-state index in [2.05, 4.69) is 42.1 Å². The zero-order chi connectivity index (χ0) is 11.5. The fourth-order valence-corrected chi connectivity index (χ4v) is 2.51. The standard InChI is InChI=1S/C13H23N3/c1-10(2)9-16-11(3)13(8-15-16)12-5-4-6-14-7-12/h8,10,12,14H,4-7,9H2,1-3H3. The fraction of sp³-hybridized carbons (Fsp3) is 0.769. The van der Waals surface area contributed by atoms with Crippen molar-refractivity contribution in [3.05, 3.63) is 17.5 Å². The summed E-state index contributed by atoms with van der Waals surface area (Å²) in [6, 6.07) is 0. The lowest BCUT2D eigenvalue weighted by molar-refractivity contribution is 0.453. The van der Waals surface area contributed by atoms with E-state index in [0.717, 1.165) is 13.1 Å². The third kappa shape index (κ3) is 2.46. The predicted molar refractivity (Wildman–Crippen MR) is 66.6 cm³/mol. The summed E-state index contributed by atoms with van der Waals surface area (Å²) in [4.78, 5) is 0. The molecule has 0 saturated carbocycles. The van der Waals surface area contributed by atoms with Gasteiger partial charge in [0.1, 0.15) is 0 Å². The zero-order valence-corrected chi connectivity index (χ0v) is 10.7. The third-order valence-corrected chi connectivity index (χ3v) is 3.42. The summed E-state index contributed by atoms with van der Waals surface area (Å²) in [7, 11) is 0. The van der Waals surface area contributed by atoms with Crippen LogP contribution in [0.2, 0.25) is 0 Å². The lowest BCUT2D eigenvalue weighted by Gasteiger charge is -2.22. The summed E-state index contributed by atoms with van der Waals surface area (Å²) in [5.74, 6) is 1.34. The molecule has 1 aromatic rings. The van der Waals surface area contributed by atoms with Crippen molar-refractivity contribution >= 4 is 0 Å². The van der Waals surface area contributed by atoms with Crippen LogP contribution in [-0.2, 0) is 6.54 Å². The lowest BCUT2D eigenvalue weighted by atomic mass is 9.92. The Balaban J connectivity index is 2.12. The average Bonchev–Trinajstić information content (AvgIpc) is 2.61. The van der Waals surface area contributed by atoms with Gasteiger partial charge in [-0.15, -0.1) is 0 Å². The van der Waals surface area contributed by atoms with E-state index in [0.29, 0.717) is 11.8 Å². The molecule has 3 nitrogen and oxygen atoms in total. The van der Waals surface area contributed by atoms with E-state index in [1.54, 1.807) is 0 Å². The number of nitrogens with one attached hydrogen (secondary N) is 1. The Bertz CT molecular complexity index is 335. The van der Waals surface area contributed by atoms with Crippen LogP contribution in [-0.4, -0.2) is 22.9 Å². The fourth-order valence-electron chi connectivity index (χ4n) is 2.51. The van der Waals surface area contributed by atoms with Gasteiger partial charge in [0, 0.05) is 18.8 Å². The highest BCUT2D eigenvalue weighted by Gasteiger charge is 2.19. The SMILES string of the molecule is Cc1c(C2CCCNC2)cnn1CC(C)C. The van der Waals surface area contributed by atoms with Crippen LogP contribution in [0.3, 0.4) is 0 Å².